The monoisotopic (exact) mass is 410 g/mol. The molecular weight excluding hydrogens is 391 g/mol. The van der Waals surface area contributed by atoms with E-state index in [1.807, 2.05) is 4.72 Å². The van der Waals surface area contributed by atoms with Crippen molar-refractivity contribution in [2.45, 2.75) is 20.0 Å². The number of sulfonamides is 1. The largest absolute Gasteiger partial charge is 0.492 e. The lowest BCUT2D eigenvalue weighted by Crippen LogP contribution is -2.34. The van der Waals surface area contributed by atoms with Gasteiger partial charge in [-0.2, -0.15) is 0 Å². The summed E-state index contributed by atoms with van der Waals surface area (Å²) in [6.45, 7) is 3.14. The second-order valence-corrected chi connectivity index (χ2v) is 7.78. The highest BCUT2D eigenvalue weighted by atomic mass is 32.2. The summed E-state index contributed by atoms with van der Waals surface area (Å²) in [7, 11) is -3.97. The number of aromatic nitrogens is 1. The molecule has 0 bridgehead atoms. The summed E-state index contributed by atoms with van der Waals surface area (Å²) >= 11 is 0. The fraction of sp³-hybridized carbons (Fsp3) is 0.278. The standard InChI is InChI=1S/C18H19FN2O6S/c1-12(2)27-18(23)16-8-3-13(11-20-16)17(22)21-28(24,25)10-9-26-15-6-4-14(19)5-7-15/h3-8,11-12H,9-10H2,1-2H3,(H,21,22). The molecule has 1 amide bonds. The molecule has 0 aliphatic rings. The van der Waals surface area contributed by atoms with Gasteiger partial charge in [-0.1, -0.05) is 0 Å². The number of amides is 1. The molecule has 0 atom stereocenters. The van der Waals surface area contributed by atoms with Crippen molar-refractivity contribution in [2.75, 3.05) is 12.4 Å². The summed E-state index contributed by atoms with van der Waals surface area (Å²) in [4.78, 5) is 27.6. The topological polar surface area (TPSA) is 112 Å². The molecule has 2 rings (SSSR count). The van der Waals surface area contributed by atoms with E-state index >= 15 is 0 Å². The van der Waals surface area contributed by atoms with Gasteiger partial charge in [0.05, 0.1) is 11.7 Å². The lowest BCUT2D eigenvalue weighted by atomic mass is 10.2. The summed E-state index contributed by atoms with van der Waals surface area (Å²) in [6.07, 6.45) is 0.760. The van der Waals surface area contributed by atoms with Crippen LogP contribution >= 0.6 is 0 Å². The molecule has 8 nitrogen and oxygen atoms in total. The molecule has 0 aliphatic carbocycles. The number of carbonyl (C=O) groups is 2. The second-order valence-electron chi connectivity index (χ2n) is 5.94. The third kappa shape index (κ3) is 6.62. The van der Waals surface area contributed by atoms with E-state index in [1.165, 1.54) is 36.4 Å². The van der Waals surface area contributed by atoms with Crippen LogP contribution in [0.25, 0.3) is 0 Å². The number of esters is 1. The van der Waals surface area contributed by atoms with E-state index in [2.05, 4.69) is 4.98 Å². The number of nitrogens with zero attached hydrogens (tertiary/aromatic N) is 1. The van der Waals surface area contributed by atoms with Crippen LogP contribution in [0.1, 0.15) is 34.7 Å². The highest BCUT2D eigenvalue weighted by Gasteiger charge is 2.18. The fourth-order valence-corrected chi connectivity index (χ4v) is 2.78. The van der Waals surface area contributed by atoms with Gasteiger partial charge in [0.15, 0.2) is 0 Å². The predicted molar refractivity (Wildman–Crippen MR) is 97.9 cm³/mol. The predicted octanol–water partition coefficient (Wildman–Crippen LogP) is 1.92. The van der Waals surface area contributed by atoms with Crippen LogP contribution in [0.2, 0.25) is 0 Å². The molecular formula is C18H19FN2O6S. The zero-order valence-corrected chi connectivity index (χ0v) is 16.0. The van der Waals surface area contributed by atoms with Gasteiger partial charge in [-0.15, -0.1) is 0 Å². The minimum absolute atomic E-state index is 0.000745. The molecule has 150 valence electrons. The normalized spacial score (nSPS) is 11.1. The Bertz CT molecular complexity index is 928. The van der Waals surface area contributed by atoms with Crippen LogP contribution in [-0.2, 0) is 14.8 Å². The average molecular weight is 410 g/mol. The Morgan fingerprint density at radius 2 is 1.82 bits per heavy atom. The Balaban J connectivity index is 1.89. The van der Waals surface area contributed by atoms with Gasteiger partial charge >= 0.3 is 5.97 Å². The molecule has 1 heterocycles. The van der Waals surface area contributed by atoms with E-state index in [9.17, 15) is 22.4 Å². The van der Waals surface area contributed by atoms with E-state index in [0.29, 0.717) is 5.75 Å². The minimum atomic E-state index is -3.97. The maximum absolute atomic E-state index is 12.8. The van der Waals surface area contributed by atoms with Gasteiger partial charge in [0, 0.05) is 6.20 Å². The summed E-state index contributed by atoms with van der Waals surface area (Å²) in [5.74, 6) is -2.16. The first-order valence-corrected chi connectivity index (χ1v) is 9.92. The van der Waals surface area contributed by atoms with Crippen LogP contribution in [0.5, 0.6) is 5.75 Å². The lowest BCUT2D eigenvalue weighted by Gasteiger charge is -2.09. The molecule has 28 heavy (non-hydrogen) atoms. The van der Waals surface area contributed by atoms with Crippen molar-refractivity contribution >= 4 is 21.9 Å². The van der Waals surface area contributed by atoms with Crippen LogP contribution in [0.3, 0.4) is 0 Å². The van der Waals surface area contributed by atoms with Crippen molar-refractivity contribution in [3.05, 3.63) is 59.7 Å². The van der Waals surface area contributed by atoms with Crippen LogP contribution in [0.4, 0.5) is 4.39 Å². The molecule has 0 aliphatic heterocycles. The number of pyridine rings is 1. The van der Waals surface area contributed by atoms with Crippen molar-refractivity contribution in [1.29, 1.82) is 0 Å². The van der Waals surface area contributed by atoms with Gasteiger partial charge < -0.3 is 9.47 Å². The molecule has 10 heteroatoms. The number of hydrogen-bond donors (Lipinski definition) is 1. The molecule has 0 fully saturated rings. The first-order chi connectivity index (χ1) is 13.2. The maximum atomic E-state index is 12.8. The molecule has 2 aromatic rings. The van der Waals surface area contributed by atoms with E-state index in [4.69, 9.17) is 9.47 Å². The Hall–Kier alpha value is -3.01. The Labute approximate surface area is 161 Å². The van der Waals surface area contributed by atoms with Crippen molar-refractivity contribution in [3.8, 4) is 5.75 Å². The smallest absolute Gasteiger partial charge is 0.357 e. The quantitative estimate of drug-likeness (QED) is 0.662. The third-order valence-electron chi connectivity index (χ3n) is 3.26. The van der Waals surface area contributed by atoms with Gasteiger partial charge in [-0.05, 0) is 50.2 Å². The number of nitrogens with one attached hydrogen (secondary N) is 1. The molecule has 1 aromatic heterocycles. The summed E-state index contributed by atoms with van der Waals surface area (Å²) < 4.78 is 48.8. The van der Waals surface area contributed by atoms with Crippen LogP contribution in [-0.4, -0.2) is 43.7 Å². The minimum Gasteiger partial charge on any atom is -0.492 e. The number of rotatable bonds is 8. The van der Waals surface area contributed by atoms with E-state index in [0.717, 1.165) is 6.20 Å². The summed E-state index contributed by atoms with van der Waals surface area (Å²) in [6, 6.07) is 7.61. The van der Waals surface area contributed by atoms with Crippen molar-refractivity contribution < 1.29 is 31.9 Å². The number of hydrogen-bond acceptors (Lipinski definition) is 7. The fourth-order valence-electron chi connectivity index (χ4n) is 1.97. The first kappa shape index (κ1) is 21.3. The molecule has 0 radical (unpaired) electrons. The average Bonchev–Trinajstić information content (AvgIpc) is 2.62. The van der Waals surface area contributed by atoms with E-state index in [1.54, 1.807) is 13.8 Å². The first-order valence-electron chi connectivity index (χ1n) is 8.26. The Kier molecular flexibility index (Phi) is 7.05. The summed E-state index contributed by atoms with van der Waals surface area (Å²) in [5.41, 5.74) is -0.0371. The highest BCUT2D eigenvalue weighted by molar-refractivity contribution is 7.90. The third-order valence-corrected chi connectivity index (χ3v) is 4.46. The van der Waals surface area contributed by atoms with Crippen LogP contribution in [0.15, 0.2) is 42.6 Å². The molecule has 1 N–H and O–H groups in total. The Morgan fingerprint density at radius 3 is 2.39 bits per heavy atom. The van der Waals surface area contributed by atoms with Gasteiger partial charge in [-0.3, -0.25) is 4.79 Å². The van der Waals surface area contributed by atoms with Gasteiger partial charge in [0.2, 0.25) is 10.0 Å². The maximum Gasteiger partial charge on any atom is 0.357 e. The van der Waals surface area contributed by atoms with E-state index < -0.39 is 33.5 Å². The number of halogens is 1. The zero-order valence-electron chi connectivity index (χ0n) is 15.2. The van der Waals surface area contributed by atoms with E-state index in [-0.39, 0.29) is 24.0 Å². The van der Waals surface area contributed by atoms with Crippen LogP contribution in [0, 0.1) is 5.82 Å². The second kappa shape index (κ2) is 9.27. The molecule has 0 spiro atoms. The lowest BCUT2D eigenvalue weighted by molar-refractivity contribution is 0.0370. The number of carbonyl (C=O) groups excluding carboxylic acids is 2. The van der Waals surface area contributed by atoms with Gasteiger partial charge in [-0.25, -0.2) is 27.3 Å². The highest BCUT2D eigenvalue weighted by Crippen LogP contribution is 2.11. The van der Waals surface area contributed by atoms with Crippen molar-refractivity contribution in [2.24, 2.45) is 0 Å². The zero-order chi connectivity index (χ0) is 20.7. The van der Waals surface area contributed by atoms with Crippen molar-refractivity contribution in [1.82, 2.24) is 9.71 Å². The molecule has 0 unspecified atom stereocenters. The SMILES string of the molecule is CC(C)OC(=O)c1ccc(C(=O)NS(=O)(=O)CCOc2ccc(F)cc2)cn1. The summed E-state index contributed by atoms with van der Waals surface area (Å²) in [5, 5.41) is 0. The molecule has 1 aromatic carbocycles. The number of benzene rings is 1. The molecule has 0 saturated carbocycles. The number of ether oxygens (including phenoxy) is 2. The van der Waals surface area contributed by atoms with Gasteiger partial charge in [0.25, 0.3) is 5.91 Å². The van der Waals surface area contributed by atoms with Crippen molar-refractivity contribution in [3.63, 3.8) is 0 Å². The Morgan fingerprint density at radius 1 is 1.14 bits per heavy atom. The van der Waals surface area contributed by atoms with Gasteiger partial charge in [0.1, 0.15) is 29.6 Å². The molecule has 0 saturated heterocycles. The van der Waals surface area contributed by atoms with Crippen LogP contribution < -0.4 is 9.46 Å².